The zero-order valence-electron chi connectivity index (χ0n) is 11.0. The molecule has 5 heteroatoms. The number of piperidine rings is 1. The molecule has 1 aromatic rings. The Labute approximate surface area is 112 Å². The first-order valence-corrected chi connectivity index (χ1v) is 6.54. The van der Waals surface area contributed by atoms with Crippen molar-refractivity contribution in [3.05, 3.63) is 35.4 Å². The summed E-state index contributed by atoms with van der Waals surface area (Å²) in [5.41, 5.74) is 6.53. The molecule has 0 radical (unpaired) electrons. The van der Waals surface area contributed by atoms with Crippen LogP contribution in [-0.4, -0.2) is 24.9 Å². The van der Waals surface area contributed by atoms with Gasteiger partial charge in [0.05, 0.1) is 0 Å². The second-order valence-electron chi connectivity index (χ2n) is 4.84. The molecule has 3 N–H and O–H groups in total. The van der Waals surface area contributed by atoms with Crippen LogP contribution in [0, 0.1) is 12.8 Å². The minimum atomic E-state index is -0.286. The van der Waals surface area contributed by atoms with Crippen LogP contribution in [0.3, 0.4) is 0 Å². The van der Waals surface area contributed by atoms with Gasteiger partial charge >= 0.3 is 0 Å². The molecule has 0 bridgehead atoms. The van der Waals surface area contributed by atoms with E-state index in [4.69, 9.17) is 0 Å². The average Bonchev–Trinajstić information content (AvgIpc) is 2.45. The SMILES string of the molecule is Cc1cccc(C(=O)NNC(=O)C2CCNCC2)c1. The van der Waals surface area contributed by atoms with Crippen molar-refractivity contribution in [3.8, 4) is 0 Å². The van der Waals surface area contributed by atoms with Gasteiger partial charge in [0.25, 0.3) is 5.91 Å². The zero-order valence-corrected chi connectivity index (χ0v) is 11.0. The summed E-state index contributed by atoms with van der Waals surface area (Å²) in [5.74, 6) is -0.410. The molecule has 1 heterocycles. The molecular weight excluding hydrogens is 242 g/mol. The Morgan fingerprint density at radius 1 is 1.21 bits per heavy atom. The highest BCUT2D eigenvalue weighted by molar-refractivity contribution is 5.95. The lowest BCUT2D eigenvalue weighted by Crippen LogP contribution is -2.46. The Bertz CT molecular complexity index is 468. The molecule has 19 heavy (non-hydrogen) atoms. The smallest absolute Gasteiger partial charge is 0.269 e. The topological polar surface area (TPSA) is 70.2 Å². The Morgan fingerprint density at radius 2 is 1.95 bits per heavy atom. The number of nitrogens with one attached hydrogen (secondary N) is 3. The van der Waals surface area contributed by atoms with Gasteiger partial charge in [-0.3, -0.25) is 20.4 Å². The Morgan fingerprint density at radius 3 is 2.63 bits per heavy atom. The maximum absolute atomic E-state index is 11.8. The van der Waals surface area contributed by atoms with E-state index in [1.54, 1.807) is 12.1 Å². The lowest BCUT2D eigenvalue weighted by molar-refractivity contribution is -0.126. The summed E-state index contributed by atoms with van der Waals surface area (Å²) in [6, 6.07) is 7.24. The average molecular weight is 261 g/mol. The highest BCUT2D eigenvalue weighted by Gasteiger charge is 2.21. The number of carbonyl (C=O) groups excluding carboxylic acids is 2. The first-order valence-electron chi connectivity index (χ1n) is 6.54. The molecule has 0 saturated carbocycles. The van der Waals surface area contributed by atoms with Crippen molar-refractivity contribution in [2.45, 2.75) is 19.8 Å². The Kier molecular flexibility index (Phi) is 4.52. The van der Waals surface area contributed by atoms with Crippen molar-refractivity contribution in [2.24, 2.45) is 5.92 Å². The van der Waals surface area contributed by atoms with Gasteiger partial charge in [0.1, 0.15) is 0 Å². The molecule has 0 atom stereocenters. The van der Waals surface area contributed by atoms with Crippen LogP contribution in [0.15, 0.2) is 24.3 Å². The molecule has 0 aliphatic carbocycles. The molecule has 1 saturated heterocycles. The molecule has 0 aromatic heterocycles. The summed E-state index contributed by atoms with van der Waals surface area (Å²) in [6.07, 6.45) is 1.62. The highest BCUT2D eigenvalue weighted by atomic mass is 16.2. The van der Waals surface area contributed by atoms with E-state index in [-0.39, 0.29) is 17.7 Å². The minimum Gasteiger partial charge on any atom is -0.317 e. The van der Waals surface area contributed by atoms with E-state index in [1.165, 1.54) is 0 Å². The second kappa shape index (κ2) is 6.33. The first kappa shape index (κ1) is 13.5. The third-order valence-corrected chi connectivity index (χ3v) is 3.29. The van der Waals surface area contributed by atoms with Crippen molar-refractivity contribution in [1.29, 1.82) is 0 Å². The van der Waals surface area contributed by atoms with Crippen molar-refractivity contribution in [1.82, 2.24) is 16.2 Å². The van der Waals surface area contributed by atoms with Crippen LogP contribution >= 0.6 is 0 Å². The molecule has 2 amide bonds. The Hall–Kier alpha value is -1.88. The molecular formula is C14H19N3O2. The molecule has 1 fully saturated rings. The number of hydrogen-bond acceptors (Lipinski definition) is 3. The summed E-state index contributed by atoms with van der Waals surface area (Å²) in [7, 11) is 0. The van der Waals surface area contributed by atoms with Gasteiger partial charge in [-0.1, -0.05) is 17.7 Å². The third-order valence-electron chi connectivity index (χ3n) is 3.29. The van der Waals surface area contributed by atoms with Gasteiger partial charge in [0.2, 0.25) is 5.91 Å². The second-order valence-corrected chi connectivity index (χ2v) is 4.84. The summed E-state index contributed by atoms with van der Waals surface area (Å²) in [4.78, 5) is 23.7. The number of hydrazine groups is 1. The van der Waals surface area contributed by atoms with E-state index in [0.29, 0.717) is 5.56 Å². The van der Waals surface area contributed by atoms with Crippen molar-refractivity contribution >= 4 is 11.8 Å². The standard InChI is InChI=1S/C14H19N3O2/c1-10-3-2-4-12(9-10)14(19)17-16-13(18)11-5-7-15-8-6-11/h2-4,9,11,15H,5-8H2,1H3,(H,16,18)(H,17,19). The van der Waals surface area contributed by atoms with Crippen LogP contribution in [0.1, 0.15) is 28.8 Å². The molecule has 2 rings (SSSR count). The van der Waals surface area contributed by atoms with Gasteiger partial charge in [0, 0.05) is 11.5 Å². The van der Waals surface area contributed by atoms with Crippen molar-refractivity contribution in [2.75, 3.05) is 13.1 Å². The van der Waals surface area contributed by atoms with Gasteiger partial charge in [-0.2, -0.15) is 0 Å². The summed E-state index contributed by atoms with van der Waals surface area (Å²) < 4.78 is 0. The molecule has 1 aliphatic heterocycles. The fourth-order valence-electron chi connectivity index (χ4n) is 2.16. The fraction of sp³-hybridized carbons (Fsp3) is 0.429. The van der Waals surface area contributed by atoms with Gasteiger partial charge in [0.15, 0.2) is 0 Å². The van der Waals surface area contributed by atoms with Crippen molar-refractivity contribution in [3.63, 3.8) is 0 Å². The van der Waals surface area contributed by atoms with Crippen LogP contribution in [-0.2, 0) is 4.79 Å². The highest BCUT2D eigenvalue weighted by Crippen LogP contribution is 2.10. The minimum absolute atomic E-state index is 0.0148. The van der Waals surface area contributed by atoms with Crippen LogP contribution in [0.2, 0.25) is 0 Å². The number of carbonyl (C=O) groups is 2. The molecule has 1 aromatic carbocycles. The van der Waals surface area contributed by atoms with Gasteiger partial charge in [-0.15, -0.1) is 0 Å². The van der Waals surface area contributed by atoms with Crippen LogP contribution < -0.4 is 16.2 Å². The maximum atomic E-state index is 11.8. The monoisotopic (exact) mass is 261 g/mol. The summed E-state index contributed by atoms with van der Waals surface area (Å²) in [5, 5.41) is 3.20. The number of hydrogen-bond donors (Lipinski definition) is 3. The first-order chi connectivity index (χ1) is 9.16. The van der Waals surface area contributed by atoms with Gasteiger partial charge in [-0.25, -0.2) is 0 Å². The summed E-state index contributed by atoms with van der Waals surface area (Å²) in [6.45, 7) is 3.62. The van der Waals surface area contributed by atoms with Gasteiger partial charge in [-0.05, 0) is 45.0 Å². The van der Waals surface area contributed by atoms with Crippen LogP contribution in [0.25, 0.3) is 0 Å². The molecule has 0 unspecified atom stereocenters. The normalized spacial score (nSPS) is 15.8. The molecule has 5 nitrogen and oxygen atoms in total. The van der Waals surface area contributed by atoms with E-state index in [9.17, 15) is 9.59 Å². The lowest BCUT2D eigenvalue weighted by atomic mass is 9.98. The van der Waals surface area contributed by atoms with E-state index in [1.807, 2.05) is 19.1 Å². The van der Waals surface area contributed by atoms with E-state index < -0.39 is 0 Å². The molecule has 1 aliphatic rings. The van der Waals surface area contributed by atoms with E-state index in [0.717, 1.165) is 31.5 Å². The molecule has 102 valence electrons. The number of amides is 2. The van der Waals surface area contributed by atoms with Crippen LogP contribution in [0.5, 0.6) is 0 Å². The fourth-order valence-corrected chi connectivity index (χ4v) is 2.16. The predicted molar refractivity (Wildman–Crippen MR) is 72.4 cm³/mol. The Balaban J connectivity index is 1.84. The third kappa shape index (κ3) is 3.79. The lowest BCUT2D eigenvalue weighted by Gasteiger charge is -2.21. The van der Waals surface area contributed by atoms with E-state index in [2.05, 4.69) is 16.2 Å². The zero-order chi connectivity index (χ0) is 13.7. The van der Waals surface area contributed by atoms with Gasteiger partial charge < -0.3 is 5.32 Å². The van der Waals surface area contributed by atoms with Crippen LogP contribution in [0.4, 0.5) is 0 Å². The van der Waals surface area contributed by atoms with Crippen molar-refractivity contribution < 1.29 is 9.59 Å². The molecule has 0 spiro atoms. The number of rotatable bonds is 2. The largest absolute Gasteiger partial charge is 0.317 e. The summed E-state index contributed by atoms with van der Waals surface area (Å²) >= 11 is 0. The maximum Gasteiger partial charge on any atom is 0.269 e. The predicted octanol–water partition coefficient (Wildman–Crippen LogP) is 0.756. The number of benzene rings is 1. The number of aryl methyl sites for hydroxylation is 1. The quantitative estimate of drug-likeness (QED) is 0.688. The van der Waals surface area contributed by atoms with E-state index >= 15 is 0 Å².